The fourth-order valence-electron chi connectivity index (χ4n) is 5.13. The van der Waals surface area contributed by atoms with Gasteiger partial charge in [-0.25, -0.2) is 0 Å². The van der Waals surface area contributed by atoms with Crippen molar-refractivity contribution in [3.05, 3.63) is 47.7 Å². The molecule has 0 aromatic heterocycles. The van der Waals surface area contributed by atoms with Crippen molar-refractivity contribution in [2.45, 2.75) is 70.3 Å². The number of allylic oxidation sites excluding steroid dienone is 2. The molecule has 1 N–H and O–H groups in total. The van der Waals surface area contributed by atoms with Gasteiger partial charge in [-0.05, 0) is 49.2 Å². The van der Waals surface area contributed by atoms with E-state index in [1.165, 1.54) is 81.2 Å². The van der Waals surface area contributed by atoms with E-state index in [0.29, 0.717) is 6.04 Å². The molecule has 0 bridgehead atoms. The summed E-state index contributed by atoms with van der Waals surface area (Å²) in [6.07, 6.45) is 16.0. The predicted molar refractivity (Wildman–Crippen MR) is 106 cm³/mol. The third kappa shape index (κ3) is 4.16. The van der Waals surface area contributed by atoms with E-state index in [4.69, 9.17) is 4.99 Å². The van der Waals surface area contributed by atoms with E-state index in [1.54, 1.807) is 0 Å². The van der Waals surface area contributed by atoms with Crippen molar-refractivity contribution in [1.82, 2.24) is 5.32 Å². The van der Waals surface area contributed by atoms with Crippen LogP contribution in [0.15, 0.2) is 47.1 Å². The largest absolute Gasteiger partial charge is 0.388 e. The van der Waals surface area contributed by atoms with Crippen LogP contribution in [0.5, 0.6) is 0 Å². The maximum atomic E-state index is 5.37. The predicted octanol–water partition coefficient (Wildman–Crippen LogP) is 5.49. The van der Waals surface area contributed by atoms with Gasteiger partial charge in [0, 0.05) is 12.2 Å². The Morgan fingerprint density at radius 3 is 2.52 bits per heavy atom. The Morgan fingerprint density at radius 1 is 0.920 bits per heavy atom. The lowest BCUT2D eigenvalue weighted by Crippen LogP contribution is -2.25. The molecule has 1 heterocycles. The molecule has 1 aromatic rings. The molecule has 2 aliphatic carbocycles. The summed E-state index contributed by atoms with van der Waals surface area (Å²) in [4.78, 5) is 5.37. The molecule has 1 aromatic carbocycles. The zero-order valence-corrected chi connectivity index (χ0v) is 15.4. The van der Waals surface area contributed by atoms with Gasteiger partial charge in [-0.1, -0.05) is 68.9 Å². The molecule has 0 radical (unpaired) electrons. The van der Waals surface area contributed by atoms with Crippen molar-refractivity contribution in [3.8, 4) is 0 Å². The summed E-state index contributed by atoms with van der Waals surface area (Å²) in [5.41, 5.74) is 3.85. The van der Waals surface area contributed by atoms with Crippen LogP contribution in [0.1, 0.15) is 69.8 Å². The van der Waals surface area contributed by atoms with Crippen molar-refractivity contribution in [2.75, 3.05) is 6.54 Å². The number of aliphatic imine (C=N–C) groups is 1. The molecule has 0 spiro atoms. The van der Waals surface area contributed by atoms with E-state index >= 15 is 0 Å². The molecule has 1 saturated heterocycles. The lowest BCUT2D eigenvalue weighted by atomic mass is 9.78. The van der Waals surface area contributed by atoms with Gasteiger partial charge in [0.1, 0.15) is 0 Å². The third-order valence-corrected chi connectivity index (χ3v) is 6.45. The summed E-state index contributed by atoms with van der Waals surface area (Å²) in [5.74, 6) is 1.76. The Kier molecular flexibility index (Phi) is 5.54. The highest BCUT2D eigenvalue weighted by molar-refractivity contribution is 6.09. The second kappa shape index (κ2) is 8.21. The maximum absolute atomic E-state index is 5.37. The molecule has 4 rings (SSSR count). The van der Waals surface area contributed by atoms with Crippen LogP contribution in [0.2, 0.25) is 0 Å². The van der Waals surface area contributed by atoms with Crippen molar-refractivity contribution >= 4 is 5.71 Å². The second-order valence-corrected chi connectivity index (χ2v) is 8.14. The van der Waals surface area contributed by atoms with Crippen LogP contribution >= 0.6 is 0 Å². The van der Waals surface area contributed by atoms with Crippen LogP contribution in [0.4, 0.5) is 0 Å². The number of hydrogen-bond acceptors (Lipinski definition) is 2. The first kappa shape index (κ1) is 16.9. The summed E-state index contributed by atoms with van der Waals surface area (Å²) in [7, 11) is 0. The van der Waals surface area contributed by atoms with Gasteiger partial charge in [0.05, 0.1) is 11.8 Å². The Hall–Kier alpha value is -1.57. The van der Waals surface area contributed by atoms with Gasteiger partial charge >= 0.3 is 0 Å². The van der Waals surface area contributed by atoms with Crippen LogP contribution in [0, 0.1) is 11.8 Å². The minimum atomic E-state index is 0.538. The Labute approximate surface area is 152 Å². The second-order valence-electron chi connectivity index (χ2n) is 8.14. The van der Waals surface area contributed by atoms with Crippen LogP contribution in [-0.2, 0) is 0 Å². The first-order valence-corrected chi connectivity index (χ1v) is 10.5. The smallest absolute Gasteiger partial charge is 0.0667 e. The minimum Gasteiger partial charge on any atom is -0.388 e. The molecule has 2 atom stereocenters. The summed E-state index contributed by atoms with van der Waals surface area (Å²) in [6, 6.07) is 11.3. The highest BCUT2D eigenvalue weighted by atomic mass is 14.9. The van der Waals surface area contributed by atoms with Crippen molar-refractivity contribution in [3.63, 3.8) is 0 Å². The fraction of sp³-hybridized carbons (Fsp3) is 0.609. The van der Waals surface area contributed by atoms with Gasteiger partial charge < -0.3 is 5.32 Å². The minimum absolute atomic E-state index is 0.538. The molecule has 2 nitrogen and oxygen atoms in total. The summed E-state index contributed by atoms with van der Waals surface area (Å²) in [6.45, 7) is 1.11. The Morgan fingerprint density at radius 2 is 1.76 bits per heavy atom. The third-order valence-electron chi connectivity index (χ3n) is 6.45. The highest BCUT2D eigenvalue weighted by Crippen LogP contribution is 2.41. The molecule has 1 aliphatic heterocycles. The van der Waals surface area contributed by atoms with Gasteiger partial charge in [-0.3, -0.25) is 4.99 Å². The Balaban J connectivity index is 1.60. The van der Waals surface area contributed by atoms with Crippen LogP contribution in [0.3, 0.4) is 0 Å². The Bertz CT molecular complexity index is 602. The molecular formula is C23H32N2. The molecule has 3 fully saturated rings. The molecule has 134 valence electrons. The van der Waals surface area contributed by atoms with E-state index in [0.717, 1.165) is 18.4 Å². The average molecular weight is 337 g/mol. The first-order valence-electron chi connectivity index (χ1n) is 10.5. The first-order chi connectivity index (χ1) is 12.4. The van der Waals surface area contributed by atoms with Gasteiger partial charge in [-0.2, -0.15) is 0 Å². The van der Waals surface area contributed by atoms with Gasteiger partial charge in [0.2, 0.25) is 0 Å². The number of hydrogen-bond donors (Lipinski definition) is 1. The van der Waals surface area contributed by atoms with E-state index < -0.39 is 0 Å². The highest BCUT2D eigenvalue weighted by Gasteiger charge is 2.34. The quantitative estimate of drug-likeness (QED) is 0.722. The summed E-state index contributed by atoms with van der Waals surface area (Å²) in [5, 5.41) is 3.54. The maximum Gasteiger partial charge on any atom is 0.0667 e. The molecule has 0 amide bonds. The molecule has 2 saturated carbocycles. The molecule has 2 unspecified atom stereocenters. The van der Waals surface area contributed by atoms with E-state index in [1.807, 2.05) is 0 Å². The topological polar surface area (TPSA) is 24.4 Å². The van der Waals surface area contributed by atoms with Gasteiger partial charge in [0.15, 0.2) is 0 Å². The van der Waals surface area contributed by atoms with Crippen LogP contribution in [-0.4, -0.2) is 18.3 Å². The molecule has 3 aliphatic rings. The van der Waals surface area contributed by atoms with Crippen LogP contribution < -0.4 is 5.32 Å². The standard InChI is InChI=1S/C23H32N2/c1-3-9-18(10-4-1)21-14-7-15-22(21)25-23(17-20-13-8-16-24-20)19-11-5-2-6-12-19/h2,5-6,11-12,17-18,21-22,24H,1,3-4,7-10,13-16H2/b20-17-,25-23?. The van der Waals surface area contributed by atoms with Crippen LogP contribution in [0.25, 0.3) is 0 Å². The number of nitrogens with zero attached hydrogens (tertiary/aromatic N) is 1. The lowest BCUT2D eigenvalue weighted by molar-refractivity contribution is 0.235. The monoisotopic (exact) mass is 336 g/mol. The van der Waals surface area contributed by atoms with E-state index in [2.05, 4.69) is 41.7 Å². The van der Waals surface area contributed by atoms with E-state index in [-0.39, 0.29) is 0 Å². The summed E-state index contributed by atoms with van der Waals surface area (Å²) >= 11 is 0. The molecule has 25 heavy (non-hydrogen) atoms. The normalized spacial score (nSPS) is 29.9. The molecular weight excluding hydrogens is 304 g/mol. The van der Waals surface area contributed by atoms with E-state index in [9.17, 15) is 0 Å². The number of rotatable bonds is 4. The van der Waals surface area contributed by atoms with Crippen molar-refractivity contribution in [1.29, 1.82) is 0 Å². The summed E-state index contributed by atoms with van der Waals surface area (Å²) < 4.78 is 0. The van der Waals surface area contributed by atoms with Gasteiger partial charge in [0.25, 0.3) is 0 Å². The average Bonchev–Trinajstić information content (AvgIpc) is 3.35. The zero-order chi connectivity index (χ0) is 16.9. The van der Waals surface area contributed by atoms with Crippen molar-refractivity contribution < 1.29 is 0 Å². The SMILES string of the molecule is C(/C(=NC1CCCC1C1CCCCC1)c1ccccc1)=C1\CCCN1. The number of nitrogens with one attached hydrogen (secondary N) is 1. The zero-order valence-electron chi connectivity index (χ0n) is 15.4. The van der Waals surface area contributed by atoms with Gasteiger partial charge in [-0.15, -0.1) is 0 Å². The van der Waals surface area contributed by atoms with Crippen molar-refractivity contribution in [2.24, 2.45) is 16.8 Å². The fourth-order valence-corrected chi connectivity index (χ4v) is 5.13. The number of benzene rings is 1. The lowest BCUT2D eigenvalue weighted by Gasteiger charge is -2.30. The molecule has 2 heteroatoms.